The van der Waals surface area contributed by atoms with Crippen molar-refractivity contribution in [1.82, 2.24) is 4.98 Å². The lowest BCUT2D eigenvalue weighted by molar-refractivity contribution is 0.412. The highest BCUT2D eigenvalue weighted by Crippen LogP contribution is 2.37. The minimum atomic E-state index is -0.214. The summed E-state index contributed by atoms with van der Waals surface area (Å²) in [5.74, 6) is 0.464. The molecule has 0 saturated heterocycles. The molecule has 1 aromatic carbocycles. The van der Waals surface area contributed by atoms with E-state index in [1.54, 1.807) is 7.11 Å². The summed E-state index contributed by atoms with van der Waals surface area (Å²) >= 11 is 0. The van der Waals surface area contributed by atoms with Gasteiger partial charge in [-0.15, -0.1) is 0 Å². The Hall–Kier alpha value is -2.16. The summed E-state index contributed by atoms with van der Waals surface area (Å²) in [6, 6.07) is 7.62. The molecule has 0 atom stereocenters. The molecule has 3 rings (SSSR count). The van der Waals surface area contributed by atoms with Crippen molar-refractivity contribution in [3.05, 3.63) is 53.1 Å². The number of aromatic nitrogens is 1. The monoisotopic (exact) mass is 339 g/mol. The third-order valence-corrected chi connectivity index (χ3v) is 4.91. The minimum Gasteiger partial charge on any atom is -0.496 e. The van der Waals surface area contributed by atoms with Crippen LogP contribution in [0.2, 0.25) is 0 Å². The van der Waals surface area contributed by atoms with Crippen molar-refractivity contribution in [3.8, 4) is 16.9 Å². The molecule has 0 N–H and O–H groups in total. The lowest BCUT2D eigenvalue weighted by Gasteiger charge is -2.17. The number of pyridine rings is 1. The van der Waals surface area contributed by atoms with Gasteiger partial charge in [-0.05, 0) is 54.9 Å². The molecule has 0 unspecified atom stereocenters. The lowest BCUT2D eigenvalue weighted by Crippen LogP contribution is -2.01. The van der Waals surface area contributed by atoms with Crippen molar-refractivity contribution >= 4 is 5.57 Å². The van der Waals surface area contributed by atoms with Crippen LogP contribution in [-0.2, 0) is 6.42 Å². The lowest BCUT2D eigenvalue weighted by atomic mass is 9.94. The number of allylic oxidation sites excluding steroid dienone is 2. The van der Waals surface area contributed by atoms with E-state index in [0.29, 0.717) is 11.3 Å². The quantitative estimate of drug-likeness (QED) is 0.652. The van der Waals surface area contributed by atoms with Crippen molar-refractivity contribution in [2.45, 2.75) is 52.4 Å². The van der Waals surface area contributed by atoms with Gasteiger partial charge in [0.05, 0.1) is 12.8 Å². The van der Waals surface area contributed by atoms with Gasteiger partial charge in [0.15, 0.2) is 0 Å². The van der Waals surface area contributed by atoms with Crippen molar-refractivity contribution in [3.63, 3.8) is 0 Å². The first kappa shape index (κ1) is 17.7. The summed E-state index contributed by atoms with van der Waals surface area (Å²) in [4.78, 5) is 4.90. The fraction of sp³-hybridized carbons (Fsp3) is 0.409. The zero-order valence-electron chi connectivity index (χ0n) is 15.5. The number of halogens is 1. The van der Waals surface area contributed by atoms with Crippen LogP contribution < -0.4 is 4.74 Å². The van der Waals surface area contributed by atoms with Gasteiger partial charge in [-0.25, -0.2) is 4.39 Å². The molecule has 0 bridgehead atoms. The second-order valence-corrected chi connectivity index (χ2v) is 6.89. The van der Waals surface area contributed by atoms with Crippen LogP contribution in [0.15, 0.2) is 30.3 Å². The molecule has 2 nitrogen and oxygen atoms in total. The first-order valence-electron chi connectivity index (χ1n) is 9.12. The molecule has 132 valence electrons. The number of nitrogens with zero attached hydrogens (tertiary/aromatic N) is 1. The van der Waals surface area contributed by atoms with E-state index in [0.717, 1.165) is 41.8 Å². The van der Waals surface area contributed by atoms with Crippen LogP contribution in [0.4, 0.5) is 4.39 Å². The van der Waals surface area contributed by atoms with Gasteiger partial charge in [-0.2, -0.15) is 0 Å². The maximum absolute atomic E-state index is 14.3. The fourth-order valence-electron chi connectivity index (χ4n) is 3.49. The van der Waals surface area contributed by atoms with E-state index >= 15 is 0 Å². The first-order chi connectivity index (χ1) is 12.0. The zero-order chi connectivity index (χ0) is 18.0. The predicted molar refractivity (Wildman–Crippen MR) is 101 cm³/mol. The zero-order valence-corrected chi connectivity index (χ0v) is 15.5. The number of benzene rings is 1. The summed E-state index contributed by atoms with van der Waals surface area (Å²) in [5.41, 5.74) is 6.11. The second-order valence-electron chi connectivity index (χ2n) is 6.89. The predicted octanol–water partition coefficient (Wildman–Crippen LogP) is 6.15. The van der Waals surface area contributed by atoms with Crippen LogP contribution >= 0.6 is 0 Å². The number of rotatable bonds is 5. The van der Waals surface area contributed by atoms with Gasteiger partial charge < -0.3 is 4.74 Å². The Labute approximate surface area is 149 Å². The highest BCUT2D eigenvalue weighted by molar-refractivity contribution is 5.75. The Balaban J connectivity index is 2.13. The number of hydrogen-bond donors (Lipinski definition) is 0. The number of ether oxygens (including phenoxy) is 1. The fourth-order valence-corrected chi connectivity index (χ4v) is 3.49. The van der Waals surface area contributed by atoms with Crippen LogP contribution in [0.25, 0.3) is 16.7 Å². The van der Waals surface area contributed by atoms with Crippen molar-refractivity contribution in [2.24, 2.45) is 0 Å². The molecular formula is C22H26FNO. The Morgan fingerprint density at radius 3 is 2.60 bits per heavy atom. The topological polar surface area (TPSA) is 22.1 Å². The average Bonchev–Trinajstić information content (AvgIpc) is 3.15. The summed E-state index contributed by atoms with van der Waals surface area (Å²) < 4.78 is 19.8. The molecule has 3 heteroatoms. The Morgan fingerprint density at radius 2 is 2.00 bits per heavy atom. The van der Waals surface area contributed by atoms with Crippen LogP contribution in [0.1, 0.15) is 62.9 Å². The molecule has 1 aliphatic carbocycles. The SMILES string of the molecule is CCc1nc(C2=CCCC2)ccc1-c1cc(C(C)C)c(F)cc1OC. The van der Waals surface area contributed by atoms with Gasteiger partial charge in [0.2, 0.25) is 0 Å². The van der Waals surface area contributed by atoms with E-state index < -0.39 is 0 Å². The minimum absolute atomic E-state index is 0.116. The van der Waals surface area contributed by atoms with Gasteiger partial charge in [-0.3, -0.25) is 4.98 Å². The van der Waals surface area contributed by atoms with Crippen LogP contribution in [0.5, 0.6) is 5.75 Å². The van der Waals surface area contributed by atoms with E-state index in [1.165, 1.54) is 18.1 Å². The number of aryl methyl sites for hydroxylation is 1. The number of methoxy groups -OCH3 is 1. The molecule has 1 aliphatic rings. The maximum atomic E-state index is 14.3. The maximum Gasteiger partial charge on any atom is 0.130 e. The second kappa shape index (κ2) is 7.38. The molecule has 0 amide bonds. The highest BCUT2D eigenvalue weighted by Gasteiger charge is 2.18. The normalized spacial score (nSPS) is 14.1. The van der Waals surface area contributed by atoms with Crippen molar-refractivity contribution in [2.75, 3.05) is 7.11 Å². The van der Waals surface area contributed by atoms with E-state index in [-0.39, 0.29) is 11.7 Å². The third kappa shape index (κ3) is 3.46. The molecule has 0 saturated carbocycles. The van der Waals surface area contributed by atoms with Gasteiger partial charge in [0.1, 0.15) is 11.6 Å². The standard InChI is InChI=1S/C22H26FNO/c1-5-20-16(10-11-21(24-20)15-8-6-7-9-15)18-12-17(14(2)3)19(23)13-22(18)25-4/h8,10-14H,5-7,9H2,1-4H3. The van der Waals surface area contributed by atoms with Gasteiger partial charge in [0, 0.05) is 22.9 Å². The van der Waals surface area contributed by atoms with Crippen molar-refractivity contribution in [1.29, 1.82) is 0 Å². The van der Waals surface area contributed by atoms with Gasteiger partial charge >= 0.3 is 0 Å². The van der Waals surface area contributed by atoms with E-state index in [9.17, 15) is 4.39 Å². The van der Waals surface area contributed by atoms with Crippen LogP contribution in [-0.4, -0.2) is 12.1 Å². The average molecular weight is 339 g/mol. The molecule has 1 heterocycles. The smallest absolute Gasteiger partial charge is 0.130 e. The van der Waals surface area contributed by atoms with Crippen molar-refractivity contribution < 1.29 is 9.13 Å². The Kier molecular flexibility index (Phi) is 5.22. The van der Waals surface area contributed by atoms with Gasteiger partial charge in [-0.1, -0.05) is 32.9 Å². The largest absolute Gasteiger partial charge is 0.496 e. The number of hydrogen-bond acceptors (Lipinski definition) is 2. The molecule has 2 aromatic rings. The third-order valence-electron chi connectivity index (χ3n) is 4.91. The molecule has 1 aromatic heterocycles. The molecule has 0 spiro atoms. The summed E-state index contributed by atoms with van der Waals surface area (Å²) in [6.45, 7) is 6.12. The van der Waals surface area contributed by atoms with E-state index in [4.69, 9.17) is 9.72 Å². The molecule has 0 fully saturated rings. The molecular weight excluding hydrogens is 313 g/mol. The Morgan fingerprint density at radius 1 is 1.20 bits per heavy atom. The Bertz CT molecular complexity index is 808. The van der Waals surface area contributed by atoms with Gasteiger partial charge in [0.25, 0.3) is 0 Å². The highest BCUT2D eigenvalue weighted by atomic mass is 19.1. The summed E-state index contributed by atoms with van der Waals surface area (Å²) in [7, 11) is 1.59. The van der Waals surface area contributed by atoms with Crippen LogP contribution in [0, 0.1) is 5.82 Å². The van der Waals surface area contributed by atoms with E-state index in [1.807, 2.05) is 19.9 Å². The molecule has 0 aliphatic heterocycles. The summed E-state index contributed by atoms with van der Waals surface area (Å²) in [6.07, 6.45) is 6.57. The summed E-state index contributed by atoms with van der Waals surface area (Å²) in [5, 5.41) is 0. The molecule has 0 radical (unpaired) electrons. The molecule has 25 heavy (non-hydrogen) atoms. The first-order valence-corrected chi connectivity index (χ1v) is 9.12. The van der Waals surface area contributed by atoms with Crippen LogP contribution in [0.3, 0.4) is 0 Å². The van der Waals surface area contributed by atoms with E-state index in [2.05, 4.69) is 25.1 Å².